The van der Waals surface area contributed by atoms with Gasteiger partial charge in [-0.1, -0.05) is 32.0 Å². The van der Waals surface area contributed by atoms with Crippen LogP contribution in [-0.4, -0.2) is 52.3 Å². The summed E-state index contributed by atoms with van der Waals surface area (Å²) in [4.78, 5) is 51.8. The Morgan fingerprint density at radius 2 is 1.70 bits per heavy atom. The monoisotopic (exact) mass is 607 g/mol. The van der Waals surface area contributed by atoms with Gasteiger partial charge >= 0.3 is 12.1 Å². The van der Waals surface area contributed by atoms with E-state index in [2.05, 4.69) is 10.6 Å². The molecule has 2 aromatic rings. The number of aryl methyl sites for hydroxylation is 2. The molecule has 8 nitrogen and oxygen atoms in total. The van der Waals surface area contributed by atoms with Crippen LogP contribution in [0.25, 0.3) is 11.1 Å². The van der Waals surface area contributed by atoms with Gasteiger partial charge in [0.1, 0.15) is 17.9 Å². The molecule has 0 aromatic heterocycles. The van der Waals surface area contributed by atoms with Gasteiger partial charge < -0.3 is 20.6 Å². The number of nitrogens with zero attached hydrogens (tertiary/aromatic N) is 1. The fourth-order valence-corrected chi connectivity index (χ4v) is 5.59. The zero-order valence-corrected chi connectivity index (χ0v) is 24.8. The lowest BCUT2D eigenvalue weighted by Gasteiger charge is -2.28. The molecule has 43 heavy (non-hydrogen) atoms. The molecule has 0 aliphatic carbocycles. The quantitative estimate of drug-likeness (QED) is 0.317. The number of likely N-dealkylation sites (tertiary alicyclic amines) is 1. The second-order valence-electron chi connectivity index (χ2n) is 11.4. The van der Waals surface area contributed by atoms with Crippen molar-refractivity contribution < 1.29 is 41.8 Å². The second kappa shape index (κ2) is 13.6. The van der Waals surface area contributed by atoms with Crippen LogP contribution >= 0.6 is 0 Å². The van der Waals surface area contributed by atoms with Crippen LogP contribution in [0.15, 0.2) is 30.3 Å². The number of benzene rings is 2. The Hall–Kier alpha value is -3.96. The van der Waals surface area contributed by atoms with Gasteiger partial charge in [-0.05, 0) is 73.4 Å². The van der Waals surface area contributed by atoms with E-state index in [0.717, 1.165) is 6.07 Å². The number of carbonyl (C=O) groups excluding carboxylic acids is 3. The predicted octanol–water partition coefficient (Wildman–Crippen LogP) is 5.30. The number of nitrogens with one attached hydrogen (secondary N) is 2. The highest BCUT2D eigenvalue weighted by Crippen LogP contribution is 2.39. The fraction of sp³-hybridized carbons (Fsp3) is 0.484. The average Bonchev–Trinajstić information content (AvgIpc) is 3.38. The highest BCUT2D eigenvalue weighted by molar-refractivity contribution is 5.92. The predicted molar refractivity (Wildman–Crippen MR) is 151 cm³/mol. The molecule has 12 heteroatoms. The van der Waals surface area contributed by atoms with Crippen LogP contribution in [0.5, 0.6) is 0 Å². The van der Waals surface area contributed by atoms with Crippen LogP contribution in [-0.2, 0) is 25.4 Å². The first-order valence-corrected chi connectivity index (χ1v) is 14.1. The van der Waals surface area contributed by atoms with Crippen molar-refractivity contribution in [1.29, 1.82) is 0 Å². The SMILES string of the molecule is CC(=O)N1CCC[C@@H]1C(=O)N[C@@H](CC(C)C)C(=O)N[C@@H](CC(=O)O)c1cc(-c2c(C)cccc2C)cc(C(F)(F)F)c1F. The first kappa shape index (κ1) is 33.5. The van der Waals surface area contributed by atoms with Crippen LogP contribution < -0.4 is 10.6 Å². The zero-order chi connectivity index (χ0) is 32.2. The van der Waals surface area contributed by atoms with E-state index in [1.807, 2.05) is 0 Å². The van der Waals surface area contributed by atoms with E-state index >= 15 is 4.39 Å². The molecule has 1 aliphatic rings. The van der Waals surface area contributed by atoms with E-state index in [0.29, 0.717) is 42.1 Å². The van der Waals surface area contributed by atoms with Crippen molar-refractivity contribution in [1.82, 2.24) is 15.5 Å². The van der Waals surface area contributed by atoms with Crippen LogP contribution in [0.1, 0.15) is 74.8 Å². The van der Waals surface area contributed by atoms with Crippen molar-refractivity contribution in [2.45, 2.75) is 84.6 Å². The Bertz CT molecular complexity index is 1370. The lowest BCUT2D eigenvalue weighted by molar-refractivity contribution is -0.140. The Balaban J connectivity index is 2.05. The third-order valence-electron chi connectivity index (χ3n) is 7.55. The van der Waals surface area contributed by atoms with E-state index < -0.39 is 65.5 Å². The molecule has 0 saturated carbocycles. The molecule has 1 fully saturated rings. The summed E-state index contributed by atoms with van der Waals surface area (Å²) in [5, 5.41) is 14.6. The van der Waals surface area contributed by atoms with Gasteiger partial charge in [-0.15, -0.1) is 0 Å². The average molecular weight is 608 g/mol. The summed E-state index contributed by atoms with van der Waals surface area (Å²) in [6.45, 7) is 8.64. The van der Waals surface area contributed by atoms with E-state index in [-0.39, 0.29) is 23.8 Å². The third-order valence-corrected chi connectivity index (χ3v) is 7.55. The van der Waals surface area contributed by atoms with Gasteiger partial charge in [0.15, 0.2) is 0 Å². The van der Waals surface area contributed by atoms with Crippen molar-refractivity contribution in [3.63, 3.8) is 0 Å². The number of amides is 3. The first-order valence-electron chi connectivity index (χ1n) is 14.1. The van der Waals surface area contributed by atoms with Gasteiger partial charge in [-0.25, -0.2) is 4.39 Å². The topological polar surface area (TPSA) is 116 Å². The number of hydrogen-bond donors (Lipinski definition) is 3. The third kappa shape index (κ3) is 8.11. The molecule has 1 heterocycles. The zero-order valence-electron chi connectivity index (χ0n) is 24.8. The number of carbonyl (C=O) groups is 4. The molecule has 3 rings (SSSR count). The van der Waals surface area contributed by atoms with E-state index in [9.17, 15) is 37.5 Å². The van der Waals surface area contributed by atoms with E-state index in [1.54, 1.807) is 45.9 Å². The molecule has 0 spiro atoms. The van der Waals surface area contributed by atoms with Crippen molar-refractivity contribution in [2.24, 2.45) is 5.92 Å². The molecule has 234 valence electrons. The standard InChI is InChI=1S/C31H37F4N3O5/c1-16(2)12-24(37-30(43)25-10-7-11-38(25)19(5)39)29(42)36-23(15-26(40)41)21-13-20(14-22(28(21)32)31(33,34)35)27-17(3)8-6-9-18(27)4/h6,8-9,13-14,16,23-25H,7,10-12,15H2,1-5H3,(H,36,42)(H,37,43)(H,40,41)/t23-,24-,25+/m0/s1. The maximum Gasteiger partial charge on any atom is 0.419 e. The Kier molecular flexibility index (Phi) is 10.6. The smallest absolute Gasteiger partial charge is 0.419 e. The first-order chi connectivity index (χ1) is 20.0. The Labute approximate surface area is 247 Å². The number of rotatable bonds is 10. The molecule has 3 amide bonds. The van der Waals surface area contributed by atoms with Gasteiger partial charge in [-0.2, -0.15) is 13.2 Å². The highest BCUT2D eigenvalue weighted by Gasteiger charge is 2.39. The van der Waals surface area contributed by atoms with Crippen molar-refractivity contribution in [2.75, 3.05) is 6.54 Å². The molecule has 0 radical (unpaired) electrons. The van der Waals surface area contributed by atoms with E-state index in [4.69, 9.17) is 0 Å². The number of halogens is 4. The Morgan fingerprint density at radius 3 is 2.23 bits per heavy atom. The second-order valence-corrected chi connectivity index (χ2v) is 11.4. The number of alkyl halides is 3. The maximum absolute atomic E-state index is 15.6. The summed E-state index contributed by atoms with van der Waals surface area (Å²) < 4.78 is 57.7. The van der Waals surface area contributed by atoms with E-state index in [1.165, 1.54) is 11.8 Å². The van der Waals surface area contributed by atoms with Crippen molar-refractivity contribution in [3.8, 4) is 11.1 Å². The lowest BCUT2D eigenvalue weighted by atomic mass is 9.90. The molecular formula is C31H37F4N3O5. The van der Waals surface area contributed by atoms with Gasteiger partial charge in [0, 0.05) is 19.0 Å². The fourth-order valence-electron chi connectivity index (χ4n) is 5.59. The van der Waals surface area contributed by atoms with Gasteiger partial charge in [0.05, 0.1) is 18.0 Å². The molecule has 0 bridgehead atoms. The van der Waals surface area contributed by atoms with Crippen LogP contribution in [0, 0.1) is 25.6 Å². The molecule has 3 N–H and O–H groups in total. The lowest BCUT2D eigenvalue weighted by Crippen LogP contribution is -2.53. The summed E-state index contributed by atoms with van der Waals surface area (Å²) in [5.74, 6) is -5.08. The summed E-state index contributed by atoms with van der Waals surface area (Å²) >= 11 is 0. The minimum absolute atomic E-state index is 0.0153. The number of carboxylic acid groups (broad SMARTS) is 1. The van der Waals surface area contributed by atoms with Gasteiger partial charge in [-0.3, -0.25) is 19.2 Å². The molecule has 0 unspecified atom stereocenters. The normalized spacial score (nSPS) is 16.6. The molecule has 3 atom stereocenters. The summed E-state index contributed by atoms with van der Waals surface area (Å²) in [7, 11) is 0. The number of hydrogen-bond acceptors (Lipinski definition) is 4. The Morgan fingerprint density at radius 1 is 1.07 bits per heavy atom. The molecular weight excluding hydrogens is 570 g/mol. The highest BCUT2D eigenvalue weighted by atomic mass is 19.4. The largest absolute Gasteiger partial charge is 0.481 e. The maximum atomic E-state index is 15.6. The summed E-state index contributed by atoms with van der Waals surface area (Å²) in [6.07, 6.45) is -4.94. The molecule has 1 aliphatic heterocycles. The number of carboxylic acids is 1. The summed E-state index contributed by atoms with van der Waals surface area (Å²) in [6, 6.07) is 3.20. The molecule has 2 aromatic carbocycles. The van der Waals surface area contributed by atoms with Crippen LogP contribution in [0.2, 0.25) is 0 Å². The van der Waals surface area contributed by atoms with Crippen LogP contribution in [0.3, 0.4) is 0 Å². The number of aliphatic carboxylic acids is 1. The van der Waals surface area contributed by atoms with Crippen LogP contribution in [0.4, 0.5) is 17.6 Å². The summed E-state index contributed by atoms with van der Waals surface area (Å²) in [5.41, 5.74) is -0.555. The van der Waals surface area contributed by atoms with Crippen molar-refractivity contribution >= 4 is 23.7 Å². The minimum Gasteiger partial charge on any atom is -0.481 e. The van der Waals surface area contributed by atoms with Gasteiger partial charge in [0.2, 0.25) is 17.7 Å². The molecule has 1 saturated heterocycles. The minimum atomic E-state index is -5.11. The van der Waals surface area contributed by atoms with Gasteiger partial charge in [0.25, 0.3) is 0 Å². The van der Waals surface area contributed by atoms with Crippen molar-refractivity contribution in [3.05, 3.63) is 58.4 Å².